The van der Waals surface area contributed by atoms with Gasteiger partial charge >= 0.3 is 0 Å². The van der Waals surface area contributed by atoms with Gasteiger partial charge in [-0.2, -0.15) is 0 Å². The number of hydrogen-bond acceptors (Lipinski definition) is 4. The molecule has 0 aromatic heterocycles. The average Bonchev–Trinajstić information content (AvgIpc) is 2.32. The van der Waals surface area contributed by atoms with Crippen LogP contribution in [-0.4, -0.2) is 48.3 Å². The van der Waals surface area contributed by atoms with Gasteiger partial charge in [-0.1, -0.05) is 0 Å². The SMILES string of the molecule is O=C(C1=COCCO1)N(CCCO)C1CCC1. The van der Waals surface area contributed by atoms with Crippen molar-refractivity contribution in [2.75, 3.05) is 26.4 Å². The van der Waals surface area contributed by atoms with Crippen LogP contribution in [0.25, 0.3) is 0 Å². The standard InChI is InChI=1S/C12H19NO4/c14-6-2-5-13(10-3-1-4-10)12(15)11-9-16-7-8-17-11/h9-10,14H,1-8H2. The van der Waals surface area contributed by atoms with E-state index in [9.17, 15) is 4.79 Å². The minimum absolute atomic E-state index is 0.104. The molecule has 1 amide bonds. The molecule has 96 valence electrons. The number of aliphatic hydroxyl groups excluding tert-OH is 1. The molecule has 1 heterocycles. The maximum atomic E-state index is 12.2. The molecule has 5 nitrogen and oxygen atoms in total. The van der Waals surface area contributed by atoms with Crippen molar-refractivity contribution >= 4 is 5.91 Å². The van der Waals surface area contributed by atoms with Gasteiger partial charge in [0.1, 0.15) is 19.5 Å². The lowest BCUT2D eigenvalue weighted by Crippen LogP contribution is -2.46. The van der Waals surface area contributed by atoms with Crippen molar-refractivity contribution in [2.45, 2.75) is 31.7 Å². The molecule has 0 saturated heterocycles. The molecule has 1 saturated carbocycles. The Balaban J connectivity index is 1.97. The summed E-state index contributed by atoms with van der Waals surface area (Å²) >= 11 is 0. The van der Waals surface area contributed by atoms with Crippen molar-refractivity contribution in [3.05, 3.63) is 12.0 Å². The lowest BCUT2D eigenvalue weighted by molar-refractivity contribution is -0.136. The summed E-state index contributed by atoms with van der Waals surface area (Å²) in [5.74, 6) is 0.184. The van der Waals surface area contributed by atoms with Gasteiger partial charge in [-0.15, -0.1) is 0 Å². The van der Waals surface area contributed by atoms with Crippen LogP contribution in [0.15, 0.2) is 12.0 Å². The van der Waals surface area contributed by atoms with Crippen molar-refractivity contribution in [2.24, 2.45) is 0 Å². The van der Waals surface area contributed by atoms with Gasteiger partial charge in [0.25, 0.3) is 5.91 Å². The summed E-state index contributed by atoms with van der Waals surface area (Å²) in [6.45, 7) is 1.61. The van der Waals surface area contributed by atoms with Gasteiger partial charge in [0, 0.05) is 19.2 Å². The van der Waals surface area contributed by atoms with E-state index < -0.39 is 0 Å². The van der Waals surface area contributed by atoms with Crippen LogP contribution >= 0.6 is 0 Å². The van der Waals surface area contributed by atoms with Gasteiger partial charge < -0.3 is 19.5 Å². The monoisotopic (exact) mass is 241 g/mol. The Bertz CT molecular complexity index is 299. The van der Waals surface area contributed by atoms with Gasteiger partial charge in [-0.3, -0.25) is 4.79 Å². The van der Waals surface area contributed by atoms with Crippen molar-refractivity contribution in [1.82, 2.24) is 4.90 Å². The Morgan fingerprint density at radius 1 is 1.47 bits per heavy atom. The highest BCUT2D eigenvalue weighted by Crippen LogP contribution is 2.26. The molecule has 0 radical (unpaired) electrons. The molecule has 2 aliphatic rings. The summed E-state index contributed by atoms with van der Waals surface area (Å²) in [5, 5.41) is 8.87. The van der Waals surface area contributed by atoms with Crippen molar-refractivity contribution in [3.63, 3.8) is 0 Å². The molecule has 1 fully saturated rings. The van der Waals surface area contributed by atoms with Crippen LogP contribution in [-0.2, 0) is 14.3 Å². The molecule has 17 heavy (non-hydrogen) atoms. The smallest absolute Gasteiger partial charge is 0.292 e. The van der Waals surface area contributed by atoms with Crippen LogP contribution in [0, 0.1) is 0 Å². The summed E-state index contributed by atoms with van der Waals surface area (Å²) in [6, 6.07) is 0.306. The van der Waals surface area contributed by atoms with Crippen LogP contribution in [0.3, 0.4) is 0 Å². The predicted molar refractivity (Wildman–Crippen MR) is 61.0 cm³/mol. The average molecular weight is 241 g/mol. The Kier molecular flexibility index (Phi) is 4.25. The molecular weight excluding hydrogens is 222 g/mol. The second-order valence-electron chi connectivity index (χ2n) is 4.36. The highest BCUT2D eigenvalue weighted by atomic mass is 16.6. The molecule has 5 heteroatoms. The van der Waals surface area contributed by atoms with E-state index in [2.05, 4.69) is 0 Å². The highest BCUT2D eigenvalue weighted by molar-refractivity contribution is 5.91. The largest absolute Gasteiger partial charge is 0.494 e. The minimum atomic E-state index is -0.108. The topological polar surface area (TPSA) is 59.0 Å². The number of rotatable bonds is 5. The Hall–Kier alpha value is -1.23. The first-order valence-electron chi connectivity index (χ1n) is 6.19. The fraction of sp³-hybridized carbons (Fsp3) is 0.750. The Morgan fingerprint density at radius 3 is 2.82 bits per heavy atom. The first-order valence-corrected chi connectivity index (χ1v) is 6.19. The van der Waals surface area contributed by atoms with Crippen LogP contribution in [0.5, 0.6) is 0 Å². The second-order valence-corrected chi connectivity index (χ2v) is 4.36. The van der Waals surface area contributed by atoms with Crippen molar-refractivity contribution in [3.8, 4) is 0 Å². The van der Waals surface area contributed by atoms with E-state index in [0.29, 0.717) is 38.0 Å². The summed E-state index contributed by atoms with van der Waals surface area (Å²) < 4.78 is 10.4. The molecule has 0 unspecified atom stereocenters. The third-order valence-electron chi connectivity index (χ3n) is 3.19. The van der Waals surface area contributed by atoms with Crippen molar-refractivity contribution in [1.29, 1.82) is 0 Å². The normalized spacial score (nSPS) is 19.7. The van der Waals surface area contributed by atoms with Gasteiger partial charge in [0.2, 0.25) is 5.76 Å². The van der Waals surface area contributed by atoms with E-state index in [1.54, 1.807) is 4.90 Å². The van der Waals surface area contributed by atoms with Crippen LogP contribution in [0.1, 0.15) is 25.7 Å². The fourth-order valence-corrected chi connectivity index (χ4v) is 2.01. The van der Waals surface area contributed by atoms with E-state index in [1.807, 2.05) is 0 Å². The molecule has 1 N–H and O–H groups in total. The number of nitrogens with zero attached hydrogens (tertiary/aromatic N) is 1. The van der Waals surface area contributed by atoms with Gasteiger partial charge in [-0.05, 0) is 25.7 Å². The second kappa shape index (κ2) is 5.91. The first kappa shape index (κ1) is 12.2. The summed E-state index contributed by atoms with van der Waals surface area (Å²) in [4.78, 5) is 14.0. The summed E-state index contributed by atoms with van der Waals surface area (Å²) in [5.41, 5.74) is 0. The lowest BCUT2D eigenvalue weighted by atomic mass is 9.91. The summed E-state index contributed by atoms with van der Waals surface area (Å²) in [6.07, 6.45) is 5.27. The molecule has 0 atom stereocenters. The van der Waals surface area contributed by atoms with E-state index in [4.69, 9.17) is 14.6 Å². The molecule has 0 bridgehead atoms. The van der Waals surface area contributed by atoms with E-state index in [0.717, 1.165) is 12.8 Å². The molecule has 1 aliphatic heterocycles. The minimum Gasteiger partial charge on any atom is -0.494 e. The van der Waals surface area contributed by atoms with Crippen LogP contribution < -0.4 is 0 Å². The number of carbonyl (C=O) groups excluding carboxylic acids is 1. The van der Waals surface area contributed by atoms with Crippen LogP contribution in [0.4, 0.5) is 0 Å². The van der Waals surface area contributed by atoms with Crippen molar-refractivity contribution < 1.29 is 19.4 Å². The Morgan fingerprint density at radius 2 is 2.29 bits per heavy atom. The van der Waals surface area contributed by atoms with E-state index in [-0.39, 0.29) is 12.5 Å². The predicted octanol–water partition coefficient (Wildman–Crippen LogP) is 0.638. The van der Waals surface area contributed by atoms with E-state index >= 15 is 0 Å². The third-order valence-corrected chi connectivity index (χ3v) is 3.19. The quantitative estimate of drug-likeness (QED) is 0.767. The third kappa shape index (κ3) is 2.91. The number of aliphatic hydroxyl groups is 1. The highest BCUT2D eigenvalue weighted by Gasteiger charge is 2.31. The van der Waals surface area contributed by atoms with Gasteiger partial charge in [0.15, 0.2) is 0 Å². The molecular formula is C12H19NO4. The van der Waals surface area contributed by atoms with Crippen LogP contribution in [0.2, 0.25) is 0 Å². The number of amides is 1. The molecule has 1 aliphatic carbocycles. The van der Waals surface area contributed by atoms with E-state index in [1.165, 1.54) is 12.7 Å². The number of ether oxygens (including phenoxy) is 2. The zero-order chi connectivity index (χ0) is 12.1. The maximum absolute atomic E-state index is 12.2. The summed E-state index contributed by atoms with van der Waals surface area (Å²) in [7, 11) is 0. The molecule has 2 rings (SSSR count). The fourth-order valence-electron chi connectivity index (χ4n) is 2.01. The Labute approximate surface area is 101 Å². The number of carbonyl (C=O) groups is 1. The maximum Gasteiger partial charge on any atom is 0.292 e. The molecule has 0 spiro atoms. The zero-order valence-electron chi connectivity index (χ0n) is 9.93. The lowest BCUT2D eigenvalue weighted by Gasteiger charge is -2.38. The first-order chi connectivity index (χ1) is 8.33. The van der Waals surface area contributed by atoms with Gasteiger partial charge in [0.05, 0.1) is 0 Å². The van der Waals surface area contributed by atoms with Gasteiger partial charge in [-0.25, -0.2) is 0 Å². The zero-order valence-corrected chi connectivity index (χ0v) is 9.93. The molecule has 0 aromatic carbocycles. The molecule has 0 aromatic rings. The number of hydrogen-bond donors (Lipinski definition) is 1.